The lowest BCUT2D eigenvalue weighted by Gasteiger charge is -2.31. The van der Waals surface area contributed by atoms with Crippen molar-refractivity contribution in [3.63, 3.8) is 0 Å². The zero-order valence-corrected chi connectivity index (χ0v) is 10.2. The molecule has 1 aromatic carbocycles. The van der Waals surface area contributed by atoms with Crippen molar-refractivity contribution >= 4 is 17.5 Å². The molecule has 1 fully saturated rings. The zero-order chi connectivity index (χ0) is 13.4. The minimum Gasteiger partial charge on any atom is -0.489 e. The summed E-state index contributed by atoms with van der Waals surface area (Å²) in [6.45, 7) is 0.729. The van der Waals surface area contributed by atoms with E-state index in [2.05, 4.69) is 5.32 Å². The van der Waals surface area contributed by atoms with Gasteiger partial charge in [-0.05, 0) is 18.6 Å². The van der Waals surface area contributed by atoms with Crippen LogP contribution in [0.5, 0.6) is 5.75 Å². The number of amides is 2. The monoisotopic (exact) mass is 264 g/mol. The Morgan fingerprint density at radius 3 is 3.05 bits per heavy atom. The van der Waals surface area contributed by atoms with Gasteiger partial charge < -0.3 is 15.0 Å². The number of halogens is 1. The number of benzene rings is 1. The van der Waals surface area contributed by atoms with Crippen LogP contribution in [0.2, 0.25) is 0 Å². The second-order valence-corrected chi connectivity index (χ2v) is 4.61. The summed E-state index contributed by atoms with van der Waals surface area (Å²) in [4.78, 5) is 25.1. The predicted octanol–water partition coefficient (Wildman–Crippen LogP) is 0.830. The molecule has 19 heavy (non-hydrogen) atoms. The molecule has 1 aromatic rings. The van der Waals surface area contributed by atoms with Gasteiger partial charge in [0.1, 0.15) is 24.2 Å². The number of carbonyl (C=O) groups is 2. The average Bonchev–Trinajstić information content (AvgIpc) is 2.83. The second-order valence-electron chi connectivity index (χ2n) is 4.61. The van der Waals surface area contributed by atoms with Crippen molar-refractivity contribution in [3.05, 3.63) is 24.0 Å². The van der Waals surface area contributed by atoms with Crippen LogP contribution in [0.4, 0.5) is 10.1 Å². The fourth-order valence-corrected chi connectivity index (χ4v) is 2.41. The van der Waals surface area contributed by atoms with Gasteiger partial charge in [0.15, 0.2) is 0 Å². The molecule has 5 nitrogen and oxygen atoms in total. The van der Waals surface area contributed by atoms with E-state index in [-0.39, 0.29) is 11.8 Å². The molecular formula is C13H13FN2O3. The fourth-order valence-electron chi connectivity index (χ4n) is 2.41. The molecule has 1 atom stereocenters. The van der Waals surface area contributed by atoms with E-state index < -0.39 is 11.9 Å². The maximum atomic E-state index is 13.1. The third-order valence-electron chi connectivity index (χ3n) is 3.34. The summed E-state index contributed by atoms with van der Waals surface area (Å²) in [6.07, 6.45) is 0.878. The maximum absolute atomic E-state index is 13.1. The minimum atomic E-state index is -0.483. The summed E-state index contributed by atoms with van der Waals surface area (Å²) in [6, 6.07) is 3.60. The number of nitrogens with zero attached hydrogens (tertiary/aromatic N) is 1. The van der Waals surface area contributed by atoms with Crippen LogP contribution in [0.25, 0.3) is 0 Å². The smallest absolute Gasteiger partial charge is 0.249 e. The summed E-state index contributed by atoms with van der Waals surface area (Å²) in [5.74, 6) is -0.306. The number of rotatable bonds is 1. The first-order chi connectivity index (χ1) is 9.15. The van der Waals surface area contributed by atoms with Crippen molar-refractivity contribution in [2.45, 2.75) is 18.9 Å². The Bertz CT molecular complexity index is 547. The molecule has 1 N–H and O–H groups in total. The predicted molar refractivity (Wildman–Crippen MR) is 65.4 cm³/mol. The van der Waals surface area contributed by atoms with Gasteiger partial charge in [0.25, 0.3) is 0 Å². The van der Waals surface area contributed by atoms with Crippen LogP contribution in [0, 0.1) is 5.82 Å². The van der Waals surface area contributed by atoms with Gasteiger partial charge in [0, 0.05) is 12.5 Å². The number of carbonyl (C=O) groups excluding carboxylic acids is 2. The van der Waals surface area contributed by atoms with Crippen LogP contribution in [-0.2, 0) is 9.59 Å². The molecule has 100 valence electrons. The first kappa shape index (κ1) is 12.0. The Labute approximate surface area is 109 Å². The van der Waals surface area contributed by atoms with Crippen LogP contribution in [0.3, 0.4) is 0 Å². The van der Waals surface area contributed by atoms with E-state index in [1.165, 1.54) is 18.2 Å². The zero-order valence-electron chi connectivity index (χ0n) is 10.2. The fraction of sp³-hybridized carbons (Fsp3) is 0.385. The SMILES string of the molecule is O=C1CC[C@@H](C(=O)N2CCOc3cc(F)ccc32)N1. The van der Waals surface area contributed by atoms with E-state index in [0.29, 0.717) is 37.4 Å². The van der Waals surface area contributed by atoms with Crippen molar-refractivity contribution in [1.82, 2.24) is 5.32 Å². The molecule has 0 spiro atoms. The number of anilines is 1. The maximum Gasteiger partial charge on any atom is 0.249 e. The number of hydrogen-bond acceptors (Lipinski definition) is 3. The molecule has 0 aliphatic carbocycles. The van der Waals surface area contributed by atoms with Gasteiger partial charge in [-0.25, -0.2) is 4.39 Å². The number of hydrogen-bond donors (Lipinski definition) is 1. The van der Waals surface area contributed by atoms with Crippen molar-refractivity contribution < 1.29 is 18.7 Å². The highest BCUT2D eigenvalue weighted by atomic mass is 19.1. The highest BCUT2D eigenvalue weighted by Crippen LogP contribution is 2.32. The number of fused-ring (bicyclic) bond motifs is 1. The summed E-state index contributed by atoms with van der Waals surface area (Å²) < 4.78 is 18.5. The Hall–Kier alpha value is -2.11. The minimum absolute atomic E-state index is 0.106. The molecule has 2 aliphatic heterocycles. The number of ether oxygens (including phenoxy) is 1. The van der Waals surface area contributed by atoms with Crippen molar-refractivity contribution in [2.24, 2.45) is 0 Å². The van der Waals surface area contributed by atoms with Crippen molar-refractivity contribution in [2.75, 3.05) is 18.1 Å². The van der Waals surface area contributed by atoms with Gasteiger partial charge in [0.05, 0.1) is 12.2 Å². The summed E-state index contributed by atoms with van der Waals surface area (Å²) in [5, 5.41) is 2.65. The average molecular weight is 264 g/mol. The van der Waals surface area contributed by atoms with Crippen LogP contribution in [-0.4, -0.2) is 31.0 Å². The third kappa shape index (κ3) is 2.14. The molecule has 0 radical (unpaired) electrons. The quantitative estimate of drug-likeness (QED) is 0.817. The molecular weight excluding hydrogens is 251 g/mol. The normalized spacial score (nSPS) is 21.6. The molecule has 0 bridgehead atoms. The Kier molecular flexibility index (Phi) is 2.85. The van der Waals surface area contributed by atoms with Gasteiger partial charge in [-0.1, -0.05) is 0 Å². The standard InChI is InChI=1S/C13H13FN2O3/c14-8-1-3-10-11(7-8)19-6-5-16(10)13(18)9-2-4-12(17)15-9/h1,3,7,9H,2,4-6H2,(H,15,17)/t9-/m0/s1. The van der Waals surface area contributed by atoms with Gasteiger partial charge >= 0.3 is 0 Å². The molecule has 6 heteroatoms. The van der Waals surface area contributed by atoms with E-state index in [1.54, 1.807) is 4.90 Å². The van der Waals surface area contributed by atoms with Gasteiger partial charge in [0.2, 0.25) is 11.8 Å². The van der Waals surface area contributed by atoms with Crippen LogP contribution < -0.4 is 15.0 Å². The molecule has 0 saturated carbocycles. The van der Waals surface area contributed by atoms with E-state index in [4.69, 9.17) is 4.74 Å². The Morgan fingerprint density at radius 2 is 2.32 bits per heavy atom. The Balaban J connectivity index is 1.87. The van der Waals surface area contributed by atoms with E-state index >= 15 is 0 Å². The van der Waals surface area contributed by atoms with Gasteiger partial charge in [-0.3, -0.25) is 9.59 Å². The molecule has 2 heterocycles. The topological polar surface area (TPSA) is 58.6 Å². The largest absolute Gasteiger partial charge is 0.489 e. The molecule has 2 aliphatic rings. The Morgan fingerprint density at radius 1 is 1.47 bits per heavy atom. The third-order valence-corrected chi connectivity index (χ3v) is 3.34. The van der Waals surface area contributed by atoms with Crippen LogP contribution in [0.15, 0.2) is 18.2 Å². The second kappa shape index (κ2) is 4.53. The first-order valence-corrected chi connectivity index (χ1v) is 6.18. The van der Waals surface area contributed by atoms with Gasteiger partial charge in [-0.15, -0.1) is 0 Å². The first-order valence-electron chi connectivity index (χ1n) is 6.18. The summed E-state index contributed by atoms with van der Waals surface area (Å²) in [7, 11) is 0. The highest BCUT2D eigenvalue weighted by Gasteiger charge is 2.33. The summed E-state index contributed by atoms with van der Waals surface area (Å²) >= 11 is 0. The molecule has 1 saturated heterocycles. The van der Waals surface area contributed by atoms with E-state index in [0.717, 1.165) is 0 Å². The summed E-state index contributed by atoms with van der Waals surface area (Å²) in [5.41, 5.74) is 0.554. The van der Waals surface area contributed by atoms with E-state index in [1.807, 2.05) is 0 Å². The van der Waals surface area contributed by atoms with Gasteiger partial charge in [-0.2, -0.15) is 0 Å². The van der Waals surface area contributed by atoms with Crippen molar-refractivity contribution in [3.8, 4) is 5.75 Å². The molecule has 3 rings (SSSR count). The highest BCUT2D eigenvalue weighted by molar-refractivity contribution is 6.01. The lowest BCUT2D eigenvalue weighted by molar-refractivity contribution is -0.124. The molecule has 0 aromatic heterocycles. The lowest BCUT2D eigenvalue weighted by Crippen LogP contribution is -2.47. The lowest BCUT2D eigenvalue weighted by atomic mass is 10.1. The van der Waals surface area contributed by atoms with Crippen LogP contribution >= 0.6 is 0 Å². The van der Waals surface area contributed by atoms with Crippen LogP contribution in [0.1, 0.15) is 12.8 Å². The number of nitrogens with one attached hydrogen (secondary N) is 1. The van der Waals surface area contributed by atoms with Crippen molar-refractivity contribution in [1.29, 1.82) is 0 Å². The molecule has 0 unspecified atom stereocenters. The molecule has 2 amide bonds. The van der Waals surface area contributed by atoms with E-state index in [9.17, 15) is 14.0 Å².